The van der Waals surface area contributed by atoms with Gasteiger partial charge in [-0.25, -0.2) is 8.42 Å². The van der Waals surface area contributed by atoms with Gasteiger partial charge in [-0.2, -0.15) is 0 Å². The molecule has 3 heterocycles. The number of ether oxygens (including phenoxy) is 1. The number of hydrogen-bond acceptors (Lipinski definition) is 5. The van der Waals surface area contributed by atoms with Gasteiger partial charge in [0.25, 0.3) is 0 Å². The molecule has 0 unspecified atom stereocenters. The summed E-state index contributed by atoms with van der Waals surface area (Å²) in [6.07, 6.45) is 2.77. The number of carbonyl (C=O) groups excluding carboxylic acids is 1. The first-order chi connectivity index (χ1) is 13.2. The molecule has 0 radical (unpaired) electrons. The summed E-state index contributed by atoms with van der Waals surface area (Å²) in [7, 11) is -0.846. The third-order valence-corrected chi connectivity index (χ3v) is 8.06. The number of aryl methyl sites for hydroxylation is 1. The largest absolute Gasteiger partial charge is 0.484 e. The van der Waals surface area contributed by atoms with E-state index in [-0.39, 0.29) is 23.3 Å². The molecule has 2 saturated heterocycles. The lowest BCUT2D eigenvalue weighted by Gasteiger charge is -2.43. The van der Waals surface area contributed by atoms with Crippen molar-refractivity contribution in [2.75, 3.05) is 38.2 Å². The van der Waals surface area contributed by atoms with Crippen LogP contribution in [0.3, 0.4) is 0 Å². The number of amides is 1. The molecule has 7 heteroatoms. The summed E-state index contributed by atoms with van der Waals surface area (Å²) >= 11 is 0. The first-order valence-electron chi connectivity index (χ1n) is 10.2. The van der Waals surface area contributed by atoms with Crippen molar-refractivity contribution in [3.05, 3.63) is 29.3 Å². The van der Waals surface area contributed by atoms with Crippen LogP contribution in [-0.4, -0.2) is 67.9 Å². The van der Waals surface area contributed by atoms with Crippen molar-refractivity contribution in [1.29, 1.82) is 0 Å². The van der Waals surface area contributed by atoms with Crippen LogP contribution in [0.15, 0.2) is 18.2 Å². The van der Waals surface area contributed by atoms with Gasteiger partial charge >= 0.3 is 0 Å². The summed E-state index contributed by atoms with van der Waals surface area (Å²) in [4.78, 5) is 17.1. The lowest BCUT2D eigenvalue weighted by atomic mass is 9.91. The van der Waals surface area contributed by atoms with Crippen LogP contribution in [0.25, 0.3) is 0 Å². The molecule has 0 aliphatic carbocycles. The van der Waals surface area contributed by atoms with Gasteiger partial charge in [0.2, 0.25) is 5.91 Å². The monoisotopic (exact) mass is 406 g/mol. The second kappa shape index (κ2) is 7.34. The Labute approximate surface area is 167 Å². The van der Waals surface area contributed by atoms with Crippen LogP contribution in [0, 0.1) is 12.8 Å². The first kappa shape index (κ1) is 19.7. The molecule has 1 aromatic carbocycles. The lowest BCUT2D eigenvalue weighted by molar-refractivity contribution is -0.138. The number of hydrogen-bond donors (Lipinski definition) is 0. The Morgan fingerprint density at radius 2 is 2.14 bits per heavy atom. The van der Waals surface area contributed by atoms with Crippen LogP contribution in [-0.2, 0) is 21.2 Å². The van der Waals surface area contributed by atoms with Crippen LogP contribution in [0.1, 0.15) is 36.8 Å². The van der Waals surface area contributed by atoms with Gasteiger partial charge in [0, 0.05) is 31.6 Å². The number of sulfone groups is 1. The SMILES string of the molecule is Cc1ccc2c(c1)CN(C)C[C@]1(CCCN(C(=O)C[C@@H]3CCS(=O)(=O)C3)C1)O2. The summed E-state index contributed by atoms with van der Waals surface area (Å²) in [5.74, 6) is 1.34. The molecule has 2 fully saturated rings. The molecule has 1 amide bonds. The zero-order valence-corrected chi connectivity index (χ0v) is 17.6. The van der Waals surface area contributed by atoms with Gasteiger partial charge in [-0.05, 0) is 45.2 Å². The average Bonchev–Trinajstić information content (AvgIpc) is 2.88. The molecule has 3 aliphatic heterocycles. The maximum atomic E-state index is 12.9. The molecule has 3 aliphatic rings. The van der Waals surface area contributed by atoms with Crippen molar-refractivity contribution in [2.24, 2.45) is 5.92 Å². The standard InChI is InChI=1S/C21H30N2O4S/c1-16-4-5-19-18(10-16)12-22(2)14-21(27-19)7-3-8-23(15-21)20(24)11-17-6-9-28(25,26)13-17/h4-5,10,17H,3,6-9,11-15H2,1-2H3/t17-,21-/m0/s1. The summed E-state index contributed by atoms with van der Waals surface area (Å²) in [5.41, 5.74) is 2.02. The minimum absolute atomic E-state index is 0.0307. The van der Waals surface area contributed by atoms with Crippen LogP contribution in [0.5, 0.6) is 5.75 Å². The molecule has 6 nitrogen and oxygen atoms in total. The predicted molar refractivity (Wildman–Crippen MR) is 108 cm³/mol. The molecule has 2 atom stereocenters. The number of likely N-dealkylation sites (N-methyl/N-ethyl adjacent to an activating group) is 1. The zero-order valence-electron chi connectivity index (χ0n) is 16.8. The second-order valence-electron chi connectivity index (χ2n) is 8.96. The number of carbonyl (C=O) groups is 1. The van der Waals surface area contributed by atoms with Gasteiger partial charge in [-0.3, -0.25) is 9.69 Å². The molecular weight excluding hydrogens is 376 g/mol. The topological polar surface area (TPSA) is 66.9 Å². The van der Waals surface area contributed by atoms with Gasteiger partial charge in [0.05, 0.1) is 18.1 Å². The Morgan fingerprint density at radius 1 is 1.32 bits per heavy atom. The lowest BCUT2D eigenvalue weighted by Crippen LogP contribution is -2.57. The average molecular weight is 407 g/mol. The van der Waals surface area contributed by atoms with E-state index in [0.29, 0.717) is 19.4 Å². The van der Waals surface area contributed by atoms with Gasteiger partial charge in [0.1, 0.15) is 11.4 Å². The van der Waals surface area contributed by atoms with E-state index >= 15 is 0 Å². The number of piperidine rings is 1. The molecule has 1 aromatic rings. The van der Waals surface area contributed by atoms with Crippen LogP contribution in [0.4, 0.5) is 0 Å². The fraction of sp³-hybridized carbons (Fsp3) is 0.667. The quantitative estimate of drug-likeness (QED) is 0.752. The Bertz CT molecular complexity index is 869. The highest BCUT2D eigenvalue weighted by Crippen LogP contribution is 2.35. The van der Waals surface area contributed by atoms with E-state index in [2.05, 4.69) is 37.1 Å². The number of likely N-dealkylation sites (tertiary alicyclic amines) is 1. The number of benzene rings is 1. The van der Waals surface area contributed by atoms with Gasteiger partial charge in [0.15, 0.2) is 9.84 Å². The molecule has 0 N–H and O–H groups in total. The Morgan fingerprint density at radius 3 is 2.89 bits per heavy atom. The van der Waals surface area contributed by atoms with E-state index in [1.807, 2.05) is 4.90 Å². The summed E-state index contributed by atoms with van der Waals surface area (Å²) in [5, 5.41) is 0. The molecule has 154 valence electrons. The molecule has 4 rings (SSSR count). The van der Waals surface area contributed by atoms with Crippen LogP contribution in [0.2, 0.25) is 0 Å². The van der Waals surface area contributed by atoms with Crippen LogP contribution >= 0.6 is 0 Å². The van der Waals surface area contributed by atoms with Gasteiger partial charge < -0.3 is 9.64 Å². The van der Waals surface area contributed by atoms with Crippen molar-refractivity contribution in [3.63, 3.8) is 0 Å². The van der Waals surface area contributed by atoms with E-state index < -0.39 is 15.4 Å². The van der Waals surface area contributed by atoms with Crippen LogP contribution < -0.4 is 4.74 Å². The maximum absolute atomic E-state index is 12.9. The number of nitrogens with zero attached hydrogens (tertiary/aromatic N) is 2. The normalized spacial score (nSPS) is 29.9. The third kappa shape index (κ3) is 4.20. The summed E-state index contributed by atoms with van der Waals surface area (Å²) in [6.45, 7) is 5.01. The molecule has 0 saturated carbocycles. The molecule has 1 spiro atoms. The summed E-state index contributed by atoms with van der Waals surface area (Å²) in [6, 6.07) is 6.30. The van der Waals surface area contributed by atoms with Gasteiger partial charge in [-0.1, -0.05) is 17.7 Å². The Hall–Kier alpha value is -1.60. The van der Waals surface area contributed by atoms with Crippen molar-refractivity contribution in [2.45, 2.75) is 44.8 Å². The fourth-order valence-corrected chi connectivity index (χ4v) is 6.83. The second-order valence-corrected chi connectivity index (χ2v) is 11.2. The summed E-state index contributed by atoms with van der Waals surface area (Å²) < 4.78 is 30.0. The van der Waals surface area contributed by atoms with E-state index in [9.17, 15) is 13.2 Å². The van der Waals surface area contributed by atoms with E-state index in [1.54, 1.807) is 0 Å². The predicted octanol–water partition coefficient (Wildman–Crippen LogP) is 2.01. The van der Waals surface area contributed by atoms with E-state index in [0.717, 1.165) is 38.2 Å². The fourth-order valence-electron chi connectivity index (χ4n) is 4.97. The van der Waals surface area contributed by atoms with Crippen molar-refractivity contribution in [3.8, 4) is 5.75 Å². The molecule has 28 heavy (non-hydrogen) atoms. The Kier molecular flexibility index (Phi) is 5.16. The van der Waals surface area contributed by atoms with E-state index in [1.165, 1.54) is 11.1 Å². The third-order valence-electron chi connectivity index (χ3n) is 6.22. The highest BCUT2D eigenvalue weighted by atomic mass is 32.2. The van der Waals surface area contributed by atoms with E-state index in [4.69, 9.17) is 4.74 Å². The molecular formula is C21H30N2O4S. The Balaban J connectivity index is 1.49. The van der Waals surface area contributed by atoms with Crippen molar-refractivity contribution < 1.29 is 17.9 Å². The zero-order chi connectivity index (χ0) is 19.9. The minimum atomic E-state index is -2.95. The minimum Gasteiger partial charge on any atom is -0.484 e. The maximum Gasteiger partial charge on any atom is 0.223 e. The smallest absolute Gasteiger partial charge is 0.223 e. The van der Waals surface area contributed by atoms with Gasteiger partial charge in [-0.15, -0.1) is 0 Å². The molecule has 0 bridgehead atoms. The highest BCUT2D eigenvalue weighted by molar-refractivity contribution is 7.91. The number of fused-ring (bicyclic) bond motifs is 1. The molecule has 0 aromatic heterocycles. The highest BCUT2D eigenvalue weighted by Gasteiger charge is 2.42. The number of rotatable bonds is 2. The van der Waals surface area contributed by atoms with Crippen molar-refractivity contribution in [1.82, 2.24) is 9.80 Å². The first-order valence-corrected chi connectivity index (χ1v) is 12.0. The van der Waals surface area contributed by atoms with Crippen molar-refractivity contribution >= 4 is 15.7 Å².